The number of nitrogens with zero attached hydrogens (tertiary/aromatic N) is 4. The van der Waals surface area contributed by atoms with E-state index in [9.17, 15) is 14.9 Å². The first-order valence-electron chi connectivity index (χ1n) is 6.89. The second-order valence-electron chi connectivity index (χ2n) is 5.72. The Morgan fingerprint density at radius 2 is 1.95 bits per heavy atom. The molecule has 1 aromatic rings. The summed E-state index contributed by atoms with van der Waals surface area (Å²) >= 11 is 0. The number of rotatable bonds is 3. The minimum absolute atomic E-state index is 0.0515. The van der Waals surface area contributed by atoms with E-state index in [1.807, 2.05) is 25.8 Å². The third kappa shape index (κ3) is 6.24. The van der Waals surface area contributed by atoms with Gasteiger partial charge in [0.2, 0.25) is 0 Å². The first-order valence-corrected chi connectivity index (χ1v) is 6.89. The normalized spacial score (nSPS) is 14.9. The first kappa shape index (κ1) is 16.9. The Labute approximate surface area is 123 Å². The smallest absolute Gasteiger partial charge is 0.309 e. The molecule has 0 aliphatic carbocycles. The van der Waals surface area contributed by atoms with Gasteiger partial charge in [-0.2, -0.15) is 9.89 Å². The molecule has 0 aromatic carbocycles. The molecular formula is C13H22N4O4. The van der Waals surface area contributed by atoms with E-state index in [0.29, 0.717) is 6.47 Å². The maximum absolute atomic E-state index is 10.4. The lowest BCUT2D eigenvalue weighted by Gasteiger charge is -2.27. The van der Waals surface area contributed by atoms with Gasteiger partial charge in [0.05, 0.1) is 4.92 Å². The number of carbonyl (C=O) groups is 1. The highest BCUT2D eigenvalue weighted by atomic mass is 16.6. The zero-order chi connectivity index (χ0) is 15.9. The van der Waals surface area contributed by atoms with Crippen LogP contribution < -0.4 is 5.01 Å². The maximum Gasteiger partial charge on any atom is 0.309 e. The Balaban J connectivity index is 0.000000270. The molecule has 1 fully saturated rings. The van der Waals surface area contributed by atoms with Crippen LogP contribution in [0.1, 0.15) is 40.0 Å². The van der Waals surface area contributed by atoms with Gasteiger partial charge >= 0.3 is 5.69 Å². The van der Waals surface area contributed by atoms with Crippen LogP contribution in [0.3, 0.4) is 0 Å². The van der Waals surface area contributed by atoms with Gasteiger partial charge in [-0.25, -0.2) is 0 Å². The minimum atomic E-state index is -0.423. The van der Waals surface area contributed by atoms with Crippen LogP contribution in [0.15, 0.2) is 12.4 Å². The van der Waals surface area contributed by atoms with E-state index in [-0.39, 0.29) is 11.3 Å². The van der Waals surface area contributed by atoms with Gasteiger partial charge in [-0.3, -0.25) is 19.9 Å². The molecule has 0 amide bonds. The average molecular weight is 298 g/mol. The van der Waals surface area contributed by atoms with Gasteiger partial charge in [0.15, 0.2) is 0 Å². The molecule has 8 heteroatoms. The summed E-state index contributed by atoms with van der Waals surface area (Å²) in [5.74, 6) is 0. The molecule has 0 bridgehead atoms. The highest BCUT2D eigenvalue weighted by Gasteiger charge is 2.15. The Morgan fingerprint density at radius 1 is 1.33 bits per heavy atom. The molecule has 1 aliphatic heterocycles. The lowest BCUT2D eigenvalue weighted by Crippen LogP contribution is -2.39. The van der Waals surface area contributed by atoms with Crippen molar-refractivity contribution in [3.05, 3.63) is 22.5 Å². The maximum atomic E-state index is 10.4. The summed E-state index contributed by atoms with van der Waals surface area (Å²) in [7, 11) is 0. The predicted molar refractivity (Wildman–Crippen MR) is 77.6 cm³/mol. The summed E-state index contributed by atoms with van der Waals surface area (Å²) < 4.78 is 4.55. The van der Waals surface area contributed by atoms with Gasteiger partial charge in [0, 0.05) is 13.1 Å². The monoisotopic (exact) mass is 298 g/mol. The molecule has 2 heterocycles. The number of hydrogen-bond acceptors (Lipinski definition) is 6. The number of aromatic nitrogens is 2. The molecule has 0 radical (unpaired) electrons. The summed E-state index contributed by atoms with van der Waals surface area (Å²) in [6.07, 6.45) is 6.25. The van der Waals surface area contributed by atoms with E-state index in [1.54, 1.807) is 4.79 Å². The fourth-order valence-electron chi connectivity index (χ4n) is 1.78. The molecule has 0 saturated carbocycles. The van der Waals surface area contributed by atoms with Crippen LogP contribution in [0, 0.1) is 10.1 Å². The van der Waals surface area contributed by atoms with E-state index >= 15 is 0 Å². The van der Waals surface area contributed by atoms with Crippen molar-refractivity contribution in [1.29, 1.82) is 0 Å². The third-order valence-corrected chi connectivity index (χ3v) is 2.79. The molecule has 1 saturated heterocycles. The molecule has 0 N–H and O–H groups in total. The molecule has 8 nitrogen and oxygen atoms in total. The molecule has 2 rings (SSSR count). The van der Waals surface area contributed by atoms with Gasteiger partial charge in [-0.05, 0) is 40.0 Å². The minimum Gasteiger partial charge on any atom is -0.462 e. The molecule has 0 spiro atoms. The lowest BCUT2D eigenvalue weighted by atomic mass is 10.2. The van der Waals surface area contributed by atoms with Crippen molar-refractivity contribution in [2.24, 2.45) is 0 Å². The van der Waals surface area contributed by atoms with Crippen molar-refractivity contribution in [1.82, 2.24) is 9.89 Å². The van der Waals surface area contributed by atoms with E-state index in [1.165, 1.54) is 18.8 Å². The zero-order valence-corrected chi connectivity index (χ0v) is 12.7. The summed E-state index contributed by atoms with van der Waals surface area (Å²) in [6, 6.07) is 0. The molecule has 118 valence electrons. The second kappa shape index (κ2) is 7.61. The van der Waals surface area contributed by atoms with E-state index in [2.05, 4.69) is 9.84 Å². The number of piperidine rings is 1. The van der Waals surface area contributed by atoms with Crippen LogP contribution in [-0.2, 0) is 9.53 Å². The SMILES string of the molecule is CC(C)(C)OC=O.O=[N+]([O-])c1cnn(N2CCCCC2)c1. The topological polar surface area (TPSA) is 90.5 Å². The van der Waals surface area contributed by atoms with Gasteiger partial charge in [0.1, 0.15) is 18.0 Å². The van der Waals surface area contributed by atoms with Gasteiger partial charge in [0.25, 0.3) is 6.47 Å². The molecule has 0 atom stereocenters. The second-order valence-corrected chi connectivity index (χ2v) is 5.72. The van der Waals surface area contributed by atoms with E-state index in [0.717, 1.165) is 25.9 Å². The standard InChI is InChI=1S/C8H12N4O2.C5H10O2/c13-12(14)8-6-9-11(7-8)10-4-2-1-3-5-10;1-5(2,3)7-4-6/h6-7H,1-5H2;4H,1-3H3. The van der Waals surface area contributed by atoms with Crippen LogP contribution in [0.4, 0.5) is 5.69 Å². The van der Waals surface area contributed by atoms with Crippen LogP contribution in [0.2, 0.25) is 0 Å². The van der Waals surface area contributed by atoms with Gasteiger partial charge in [-0.1, -0.05) is 0 Å². The predicted octanol–water partition coefficient (Wildman–Crippen LogP) is 1.87. The number of ether oxygens (including phenoxy) is 1. The van der Waals surface area contributed by atoms with Crippen LogP contribution in [0.5, 0.6) is 0 Å². The van der Waals surface area contributed by atoms with Crippen molar-refractivity contribution >= 4 is 12.2 Å². The highest BCUT2D eigenvalue weighted by molar-refractivity contribution is 5.37. The van der Waals surface area contributed by atoms with Crippen LogP contribution >= 0.6 is 0 Å². The molecule has 1 aliphatic rings. The van der Waals surface area contributed by atoms with E-state index in [4.69, 9.17) is 0 Å². The molecule has 0 unspecified atom stereocenters. The summed E-state index contributed by atoms with van der Waals surface area (Å²) in [4.78, 5) is 21.2. The Morgan fingerprint density at radius 3 is 2.33 bits per heavy atom. The fourth-order valence-corrected chi connectivity index (χ4v) is 1.78. The molecule has 1 aromatic heterocycles. The quantitative estimate of drug-likeness (QED) is 0.480. The lowest BCUT2D eigenvalue weighted by molar-refractivity contribution is -0.385. The first-order chi connectivity index (χ1) is 9.83. The average Bonchev–Trinajstić information content (AvgIpc) is 2.89. The summed E-state index contributed by atoms with van der Waals surface area (Å²) in [5, 5.41) is 16.4. The number of hydrogen-bond donors (Lipinski definition) is 0. The van der Waals surface area contributed by atoms with Crippen molar-refractivity contribution in [3.8, 4) is 0 Å². The van der Waals surface area contributed by atoms with Gasteiger partial charge < -0.3 is 4.74 Å². The van der Waals surface area contributed by atoms with Crippen molar-refractivity contribution in [3.63, 3.8) is 0 Å². The fraction of sp³-hybridized carbons (Fsp3) is 0.692. The number of nitro groups is 1. The molecule has 21 heavy (non-hydrogen) atoms. The van der Waals surface area contributed by atoms with Crippen molar-refractivity contribution < 1.29 is 14.5 Å². The Hall–Kier alpha value is -2.12. The van der Waals surface area contributed by atoms with E-state index < -0.39 is 4.92 Å². The Bertz CT molecular complexity index is 461. The third-order valence-electron chi connectivity index (χ3n) is 2.79. The zero-order valence-electron chi connectivity index (χ0n) is 12.7. The summed E-state index contributed by atoms with van der Waals surface area (Å²) in [6.45, 7) is 7.78. The Kier molecular flexibility index (Phi) is 6.13. The largest absolute Gasteiger partial charge is 0.462 e. The van der Waals surface area contributed by atoms with Crippen LogP contribution in [0.25, 0.3) is 0 Å². The summed E-state index contributed by atoms with van der Waals surface area (Å²) in [5.41, 5.74) is -0.266. The van der Waals surface area contributed by atoms with Gasteiger partial charge in [-0.15, -0.1) is 0 Å². The van der Waals surface area contributed by atoms with Crippen molar-refractivity contribution in [2.45, 2.75) is 45.6 Å². The van der Waals surface area contributed by atoms with Crippen LogP contribution in [-0.4, -0.2) is 40.0 Å². The van der Waals surface area contributed by atoms with Crippen molar-refractivity contribution in [2.75, 3.05) is 18.1 Å². The highest BCUT2D eigenvalue weighted by Crippen LogP contribution is 2.12. The number of carbonyl (C=O) groups excluding carboxylic acids is 1. The molecular weight excluding hydrogens is 276 g/mol.